The molecule has 0 saturated heterocycles. The zero-order chi connectivity index (χ0) is 9.80. The first kappa shape index (κ1) is 9.27. The summed E-state index contributed by atoms with van der Waals surface area (Å²) in [5, 5.41) is 3.26. The average molecular weight is 252 g/mol. The van der Waals surface area contributed by atoms with E-state index in [2.05, 4.69) is 31.2 Å². The van der Waals surface area contributed by atoms with Gasteiger partial charge in [-0.2, -0.15) is 0 Å². The number of aromatic amines is 1. The maximum Gasteiger partial charge on any atom is 0.125 e. The molecule has 0 unspecified atom stereocenters. The smallest absolute Gasteiger partial charge is 0.125 e. The van der Waals surface area contributed by atoms with E-state index in [1.165, 1.54) is 0 Å². The summed E-state index contributed by atoms with van der Waals surface area (Å²) in [5.41, 5.74) is 1.09. The Kier molecular flexibility index (Phi) is 2.84. The van der Waals surface area contributed by atoms with Crippen LogP contribution in [0.3, 0.4) is 0 Å². The SMILES string of the molecule is Brc1ccc(NCc2ncc[nH]2)cc1. The molecule has 4 heteroatoms. The van der Waals surface area contributed by atoms with E-state index in [0.29, 0.717) is 6.54 Å². The van der Waals surface area contributed by atoms with Gasteiger partial charge in [0.1, 0.15) is 5.82 Å². The lowest BCUT2D eigenvalue weighted by Gasteiger charge is -2.03. The lowest BCUT2D eigenvalue weighted by molar-refractivity contribution is 1.000. The Morgan fingerprint density at radius 2 is 2.07 bits per heavy atom. The molecule has 1 aromatic carbocycles. The van der Waals surface area contributed by atoms with E-state index in [4.69, 9.17) is 0 Å². The van der Waals surface area contributed by atoms with Gasteiger partial charge in [-0.1, -0.05) is 15.9 Å². The van der Waals surface area contributed by atoms with Crippen LogP contribution in [0.25, 0.3) is 0 Å². The van der Waals surface area contributed by atoms with Gasteiger partial charge in [-0.05, 0) is 24.3 Å². The molecule has 0 atom stereocenters. The summed E-state index contributed by atoms with van der Waals surface area (Å²) in [6.07, 6.45) is 3.57. The van der Waals surface area contributed by atoms with Crippen molar-refractivity contribution in [2.45, 2.75) is 6.54 Å². The Bertz CT molecular complexity index is 380. The van der Waals surface area contributed by atoms with E-state index in [1.54, 1.807) is 6.20 Å². The molecule has 0 radical (unpaired) electrons. The van der Waals surface area contributed by atoms with E-state index in [9.17, 15) is 0 Å². The Morgan fingerprint density at radius 1 is 1.29 bits per heavy atom. The number of nitrogens with one attached hydrogen (secondary N) is 2. The third-order valence-electron chi connectivity index (χ3n) is 1.86. The Labute approximate surface area is 90.7 Å². The highest BCUT2D eigenvalue weighted by Gasteiger charge is 1.94. The Morgan fingerprint density at radius 3 is 2.71 bits per heavy atom. The van der Waals surface area contributed by atoms with Crippen molar-refractivity contribution in [2.24, 2.45) is 0 Å². The normalized spacial score (nSPS) is 10.1. The maximum absolute atomic E-state index is 4.12. The van der Waals surface area contributed by atoms with Crippen LogP contribution < -0.4 is 5.32 Å². The second-order valence-electron chi connectivity index (χ2n) is 2.90. The van der Waals surface area contributed by atoms with Gasteiger partial charge in [-0.15, -0.1) is 0 Å². The van der Waals surface area contributed by atoms with Gasteiger partial charge in [0.05, 0.1) is 6.54 Å². The zero-order valence-electron chi connectivity index (χ0n) is 7.50. The molecule has 2 rings (SSSR count). The van der Waals surface area contributed by atoms with E-state index in [-0.39, 0.29) is 0 Å². The summed E-state index contributed by atoms with van der Waals surface area (Å²) in [6.45, 7) is 0.717. The number of hydrogen-bond donors (Lipinski definition) is 2. The Balaban J connectivity index is 1.95. The predicted octanol–water partition coefficient (Wildman–Crippen LogP) is 2.78. The number of halogens is 1. The largest absolute Gasteiger partial charge is 0.378 e. The molecule has 0 amide bonds. The minimum atomic E-state index is 0.717. The van der Waals surface area contributed by atoms with Crippen molar-refractivity contribution >= 4 is 21.6 Å². The number of aromatic nitrogens is 2. The molecular weight excluding hydrogens is 242 g/mol. The lowest BCUT2D eigenvalue weighted by Crippen LogP contribution is -2.00. The molecule has 72 valence electrons. The van der Waals surface area contributed by atoms with Crippen LogP contribution in [-0.4, -0.2) is 9.97 Å². The van der Waals surface area contributed by atoms with Gasteiger partial charge in [-0.25, -0.2) is 4.98 Å². The molecule has 1 aromatic heterocycles. The van der Waals surface area contributed by atoms with E-state index < -0.39 is 0 Å². The highest BCUT2D eigenvalue weighted by atomic mass is 79.9. The standard InChI is InChI=1S/C10H10BrN3/c11-8-1-3-9(4-2-8)14-7-10-12-5-6-13-10/h1-6,14H,7H2,(H,12,13). The average Bonchev–Trinajstić information content (AvgIpc) is 2.70. The summed E-state index contributed by atoms with van der Waals surface area (Å²) in [6, 6.07) is 8.05. The number of nitrogens with zero attached hydrogens (tertiary/aromatic N) is 1. The first-order valence-electron chi connectivity index (χ1n) is 4.32. The number of rotatable bonds is 3. The lowest BCUT2D eigenvalue weighted by atomic mass is 10.3. The molecule has 1 heterocycles. The second-order valence-corrected chi connectivity index (χ2v) is 3.81. The Hall–Kier alpha value is -1.29. The molecule has 14 heavy (non-hydrogen) atoms. The van der Waals surface area contributed by atoms with Crippen molar-refractivity contribution in [3.8, 4) is 0 Å². The molecule has 2 N–H and O–H groups in total. The van der Waals surface area contributed by atoms with Crippen molar-refractivity contribution in [3.05, 3.63) is 47.0 Å². The molecule has 0 spiro atoms. The van der Waals surface area contributed by atoms with Crippen LogP contribution in [0.2, 0.25) is 0 Å². The summed E-state index contributed by atoms with van der Waals surface area (Å²) >= 11 is 3.39. The quantitative estimate of drug-likeness (QED) is 0.881. The van der Waals surface area contributed by atoms with Crippen LogP contribution in [0, 0.1) is 0 Å². The third-order valence-corrected chi connectivity index (χ3v) is 2.39. The minimum absolute atomic E-state index is 0.717. The molecule has 0 saturated carbocycles. The first-order valence-corrected chi connectivity index (χ1v) is 5.11. The van der Waals surface area contributed by atoms with Crippen molar-refractivity contribution in [2.75, 3.05) is 5.32 Å². The monoisotopic (exact) mass is 251 g/mol. The molecule has 0 aliphatic rings. The van der Waals surface area contributed by atoms with Crippen LogP contribution in [-0.2, 0) is 6.54 Å². The van der Waals surface area contributed by atoms with E-state index in [1.807, 2.05) is 30.5 Å². The minimum Gasteiger partial charge on any atom is -0.378 e. The first-order chi connectivity index (χ1) is 6.84. The molecule has 0 bridgehead atoms. The highest BCUT2D eigenvalue weighted by molar-refractivity contribution is 9.10. The van der Waals surface area contributed by atoms with Gasteiger partial charge in [0.2, 0.25) is 0 Å². The van der Waals surface area contributed by atoms with Gasteiger partial charge in [0.15, 0.2) is 0 Å². The van der Waals surface area contributed by atoms with Crippen LogP contribution in [0.5, 0.6) is 0 Å². The number of anilines is 1. The van der Waals surface area contributed by atoms with Gasteiger partial charge >= 0.3 is 0 Å². The topological polar surface area (TPSA) is 40.7 Å². The molecule has 0 aliphatic carbocycles. The number of benzene rings is 1. The third kappa shape index (κ3) is 2.35. The van der Waals surface area contributed by atoms with Gasteiger partial charge in [0, 0.05) is 22.6 Å². The van der Waals surface area contributed by atoms with Gasteiger partial charge < -0.3 is 10.3 Å². The maximum atomic E-state index is 4.12. The van der Waals surface area contributed by atoms with Crippen molar-refractivity contribution in [3.63, 3.8) is 0 Å². The highest BCUT2D eigenvalue weighted by Crippen LogP contribution is 2.14. The summed E-state index contributed by atoms with van der Waals surface area (Å²) in [7, 11) is 0. The van der Waals surface area contributed by atoms with Crippen LogP contribution >= 0.6 is 15.9 Å². The molecule has 2 aromatic rings. The molecular formula is C10H10BrN3. The molecule has 0 fully saturated rings. The van der Waals surface area contributed by atoms with Crippen LogP contribution in [0.4, 0.5) is 5.69 Å². The van der Waals surface area contributed by atoms with E-state index >= 15 is 0 Å². The van der Waals surface area contributed by atoms with Crippen LogP contribution in [0.15, 0.2) is 41.1 Å². The number of H-pyrrole nitrogens is 1. The van der Waals surface area contributed by atoms with Crippen molar-refractivity contribution < 1.29 is 0 Å². The van der Waals surface area contributed by atoms with E-state index in [0.717, 1.165) is 16.0 Å². The molecule has 0 aliphatic heterocycles. The number of hydrogen-bond acceptors (Lipinski definition) is 2. The summed E-state index contributed by atoms with van der Waals surface area (Å²) < 4.78 is 1.08. The van der Waals surface area contributed by atoms with Gasteiger partial charge in [-0.3, -0.25) is 0 Å². The predicted molar refractivity (Wildman–Crippen MR) is 60.1 cm³/mol. The van der Waals surface area contributed by atoms with Crippen molar-refractivity contribution in [1.29, 1.82) is 0 Å². The fourth-order valence-electron chi connectivity index (χ4n) is 1.15. The zero-order valence-corrected chi connectivity index (χ0v) is 9.08. The van der Waals surface area contributed by atoms with Crippen molar-refractivity contribution in [1.82, 2.24) is 9.97 Å². The molecule has 3 nitrogen and oxygen atoms in total. The number of imidazole rings is 1. The fraction of sp³-hybridized carbons (Fsp3) is 0.100. The van der Waals surface area contributed by atoms with Crippen LogP contribution in [0.1, 0.15) is 5.82 Å². The summed E-state index contributed by atoms with van der Waals surface area (Å²) in [5.74, 6) is 0.938. The fourth-order valence-corrected chi connectivity index (χ4v) is 1.41. The second kappa shape index (κ2) is 4.28. The van der Waals surface area contributed by atoms with Gasteiger partial charge in [0.25, 0.3) is 0 Å². The summed E-state index contributed by atoms with van der Waals surface area (Å²) in [4.78, 5) is 7.16.